The summed E-state index contributed by atoms with van der Waals surface area (Å²) in [6.45, 7) is 1.41. The summed E-state index contributed by atoms with van der Waals surface area (Å²) in [5.41, 5.74) is 0.357. The molecule has 94 valence electrons. The predicted molar refractivity (Wildman–Crippen MR) is 63.7 cm³/mol. The van der Waals surface area contributed by atoms with E-state index in [0.29, 0.717) is 24.7 Å². The van der Waals surface area contributed by atoms with Gasteiger partial charge in [0.25, 0.3) is 0 Å². The molecule has 1 aliphatic rings. The zero-order valence-electron chi connectivity index (χ0n) is 10.2. The molecule has 2 heterocycles. The van der Waals surface area contributed by atoms with Gasteiger partial charge in [0.1, 0.15) is 11.8 Å². The molecule has 0 radical (unpaired) electrons. The Morgan fingerprint density at radius 3 is 2.89 bits per heavy atom. The summed E-state index contributed by atoms with van der Waals surface area (Å²) in [6, 6.07) is 3.56. The third-order valence-corrected chi connectivity index (χ3v) is 3.07. The van der Waals surface area contributed by atoms with Gasteiger partial charge in [-0.25, -0.2) is 9.97 Å². The van der Waals surface area contributed by atoms with E-state index >= 15 is 0 Å². The van der Waals surface area contributed by atoms with Crippen molar-refractivity contribution in [2.75, 3.05) is 25.1 Å². The van der Waals surface area contributed by atoms with Gasteiger partial charge in [-0.05, 0) is 18.9 Å². The Morgan fingerprint density at radius 2 is 2.28 bits per heavy atom. The number of aromatic nitrogens is 2. The molecule has 1 fully saturated rings. The van der Waals surface area contributed by atoms with Gasteiger partial charge in [0.05, 0.1) is 13.0 Å². The third-order valence-electron chi connectivity index (χ3n) is 3.07. The van der Waals surface area contributed by atoms with Crippen molar-refractivity contribution in [2.24, 2.45) is 5.92 Å². The van der Waals surface area contributed by atoms with Crippen molar-refractivity contribution in [1.82, 2.24) is 9.97 Å². The van der Waals surface area contributed by atoms with Gasteiger partial charge >= 0.3 is 5.97 Å². The summed E-state index contributed by atoms with van der Waals surface area (Å²) in [4.78, 5) is 21.7. The van der Waals surface area contributed by atoms with Gasteiger partial charge in [0.2, 0.25) is 5.95 Å². The number of hydrogen-bond acceptors (Lipinski definition) is 6. The number of carbonyl (C=O) groups excluding carboxylic acids is 1. The fourth-order valence-corrected chi connectivity index (χ4v) is 2.04. The second-order valence-electron chi connectivity index (χ2n) is 4.14. The Kier molecular flexibility index (Phi) is 3.72. The first kappa shape index (κ1) is 12.3. The van der Waals surface area contributed by atoms with Gasteiger partial charge in [0.15, 0.2) is 0 Å². The smallest absolute Gasteiger partial charge is 0.308 e. The number of piperidine rings is 1. The van der Waals surface area contributed by atoms with Gasteiger partial charge in [0, 0.05) is 19.3 Å². The summed E-state index contributed by atoms with van der Waals surface area (Å²) in [5.74, 6) is 0.365. The molecule has 0 saturated carbocycles. The van der Waals surface area contributed by atoms with Crippen LogP contribution in [-0.2, 0) is 9.53 Å². The van der Waals surface area contributed by atoms with Crippen molar-refractivity contribution >= 4 is 11.9 Å². The first-order valence-electron chi connectivity index (χ1n) is 5.80. The normalized spacial score (nSPS) is 16.1. The number of nitriles is 1. The minimum Gasteiger partial charge on any atom is -0.469 e. The molecule has 2 rings (SSSR count). The summed E-state index contributed by atoms with van der Waals surface area (Å²) in [6.07, 6.45) is 3.03. The highest BCUT2D eigenvalue weighted by Gasteiger charge is 2.26. The number of esters is 1. The molecule has 0 bridgehead atoms. The Hall–Kier alpha value is -2.16. The second-order valence-corrected chi connectivity index (χ2v) is 4.14. The number of carbonyl (C=O) groups is 1. The van der Waals surface area contributed by atoms with E-state index in [-0.39, 0.29) is 11.9 Å². The molecule has 1 aliphatic heterocycles. The second kappa shape index (κ2) is 5.45. The fraction of sp³-hybridized carbons (Fsp3) is 0.500. The summed E-state index contributed by atoms with van der Waals surface area (Å²) < 4.78 is 4.74. The number of rotatable bonds is 2. The maximum atomic E-state index is 11.4. The molecular formula is C12H14N4O2. The van der Waals surface area contributed by atoms with Crippen LogP contribution in [0.3, 0.4) is 0 Å². The summed E-state index contributed by atoms with van der Waals surface area (Å²) >= 11 is 0. The van der Waals surface area contributed by atoms with Crippen LogP contribution in [0.4, 0.5) is 5.95 Å². The third kappa shape index (κ3) is 2.56. The summed E-state index contributed by atoms with van der Waals surface area (Å²) in [5, 5.41) is 8.79. The monoisotopic (exact) mass is 246 g/mol. The highest BCUT2D eigenvalue weighted by atomic mass is 16.5. The Balaban J connectivity index is 2.01. The fourth-order valence-electron chi connectivity index (χ4n) is 2.04. The van der Waals surface area contributed by atoms with Gasteiger partial charge < -0.3 is 9.64 Å². The van der Waals surface area contributed by atoms with Crippen molar-refractivity contribution in [2.45, 2.75) is 12.8 Å². The van der Waals surface area contributed by atoms with E-state index in [4.69, 9.17) is 10.00 Å². The molecule has 6 nitrogen and oxygen atoms in total. The zero-order chi connectivity index (χ0) is 13.0. The van der Waals surface area contributed by atoms with Gasteiger partial charge in [-0.3, -0.25) is 4.79 Å². The van der Waals surface area contributed by atoms with E-state index in [1.807, 2.05) is 11.0 Å². The molecule has 1 aromatic rings. The van der Waals surface area contributed by atoms with E-state index < -0.39 is 0 Å². The van der Waals surface area contributed by atoms with E-state index in [2.05, 4.69) is 9.97 Å². The lowest BCUT2D eigenvalue weighted by Crippen LogP contribution is -2.37. The number of hydrogen-bond donors (Lipinski definition) is 0. The maximum absolute atomic E-state index is 11.4. The lowest BCUT2D eigenvalue weighted by molar-refractivity contribution is -0.146. The molecule has 0 amide bonds. The molecule has 0 atom stereocenters. The van der Waals surface area contributed by atoms with Crippen molar-refractivity contribution in [1.29, 1.82) is 5.26 Å². The number of anilines is 1. The van der Waals surface area contributed by atoms with Crippen LogP contribution in [0.1, 0.15) is 18.5 Å². The Morgan fingerprint density at radius 1 is 1.56 bits per heavy atom. The van der Waals surface area contributed by atoms with Crippen molar-refractivity contribution in [3.8, 4) is 6.07 Å². The lowest BCUT2D eigenvalue weighted by atomic mass is 9.97. The molecule has 0 spiro atoms. The van der Waals surface area contributed by atoms with Gasteiger partial charge in [-0.1, -0.05) is 0 Å². The van der Waals surface area contributed by atoms with E-state index in [0.717, 1.165) is 12.8 Å². The van der Waals surface area contributed by atoms with Crippen LogP contribution in [0, 0.1) is 17.2 Å². The molecule has 6 heteroatoms. The molecule has 0 N–H and O–H groups in total. The highest BCUT2D eigenvalue weighted by Crippen LogP contribution is 2.21. The van der Waals surface area contributed by atoms with Gasteiger partial charge in [-0.15, -0.1) is 0 Å². The highest BCUT2D eigenvalue weighted by molar-refractivity contribution is 5.72. The minimum atomic E-state index is -0.152. The average Bonchev–Trinajstić information content (AvgIpc) is 2.46. The molecule has 1 saturated heterocycles. The first-order chi connectivity index (χ1) is 8.74. The molecular weight excluding hydrogens is 232 g/mol. The number of nitrogens with zero attached hydrogens (tertiary/aromatic N) is 4. The van der Waals surface area contributed by atoms with E-state index in [1.54, 1.807) is 12.3 Å². The van der Waals surface area contributed by atoms with E-state index in [1.165, 1.54) is 7.11 Å². The molecule has 0 aliphatic carbocycles. The van der Waals surface area contributed by atoms with Crippen LogP contribution in [0.15, 0.2) is 12.3 Å². The minimum absolute atomic E-state index is 0.0367. The van der Waals surface area contributed by atoms with Gasteiger partial charge in [-0.2, -0.15) is 5.26 Å². The number of ether oxygens (including phenoxy) is 1. The molecule has 0 unspecified atom stereocenters. The van der Waals surface area contributed by atoms with Crippen LogP contribution < -0.4 is 4.90 Å². The van der Waals surface area contributed by atoms with Crippen LogP contribution >= 0.6 is 0 Å². The van der Waals surface area contributed by atoms with Crippen molar-refractivity contribution in [3.05, 3.63) is 18.0 Å². The average molecular weight is 246 g/mol. The van der Waals surface area contributed by atoms with E-state index in [9.17, 15) is 4.79 Å². The standard InChI is InChI=1S/C12H14N4O2/c1-18-11(17)9-3-6-16(7-4-9)12-14-5-2-10(8-13)15-12/h2,5,9H,3-4,6-7H2,1H3. The lowest BCUT2D eigenvalue weighted by Gasteiger charge is -2.30. The Labute approximate surface area is 105 Å². The van der Waals surface area contributed by atoms with Crippen molar-refractivity contribution in [3.63, 3.8) is 0 Å². The van der Waals surface area contributed by atoms with Crippen LogP contribution in [-0.4, -0.2) is 36.1 Å². The maximum Gasteiger partial charge on any atom is 0.308 e. The zero-order valence-corrected chi connectivity index (χ0v) is 10.2. The van der Waals surface area contributed by atoms with Crippen molar-refractivity contribution < 1.29 is 9.53 Å². The Bertz CT molecular complexity index is 475. The SMILES string of the molecule is COC(=O)C1CCN(c2nccc(C#N)n2)CC1. The van der Waals surface area contributed by atoms with Crippen LogP contribution in [0.5, 0.6) is 0 Å². The predicted octanol–water partition coefficient (Wildman–Crippen LogP) is 0.738. The molecule has 18 heavy (non-hydrogen) atoms. The molecule has 1 aromatic heterocycles. The largest absolute Gasteiger partial charge is 0.469 e. The van der Waals surface area contributed by atoms with Crippen LogP contribution in [0.25, 0.3) is 0 Å². The first-order valence-corrected chi connectivity index (χ1v) is 5.80. The topological polar surface area (TPSA) is 79.1 Å². The van der Waals surface area contributed by atoms with Crippen LogP contribution in [0.2, 0.25) is 0 Å². The quantitative estimate of drug-likeness (QED) is 0.716. The summed E-state index contributed by atoms with van der Waals surface area (Å²) in [7, 11) is 1.41. The molecule has 0 aromatic carbocycles. The number of methoxy groups -OCH3 is 1.